The maximum atomic E-state index is 13.5. The Morgan fingerprint density at radius 3 is 2.02 bits per heavy atom. The molecular formula is C32H45N4O5Si. The average Bonchev–Trinajstić information content (AvgIpc) is 2.97. The molecule has 0 fully saturated rings. The van der Waals surface area contributed by atoms with Crippen LogP contribution in [0.25, 0.3) is 0 Å². The minimum atomic E-state index is -1.53. The normalized spacial score (nSPS) is 13.9. The van der Waals surface area contributed by atoms with Gasteiger partial charge in [-0.3, -0.25) is 14.4 Å². The van der Waals surface area contributed by atoms with Crippen molar-refractivity contribution in [2.75, 3.05) is 6.61 Å². The summed E-state index contributed by atoms with van der Waals surface area (Å²) in [5, 5.41) is 9.29. The maximum absolute atomic E-state index is 13.5. The van der Waals surface area contributed by atoms with Crippen molar-refractivity contribution < 1.29 is 23.9 Å². The molecule has 227 valence electrons. The van der Waals surface area contributed by atoms with E-state index in [-0.39, 0.29) is 31.3 Å². The zero-order chi connectivity index (χ0) is 31.3. The second-order valence-electron chi connectivity index (χ2n) is 11.3. The first-order valence-corrected chi connectivity index (χ1v) is 15.1. The molecule has 0 spiro atoms. The predicted octanol–water partition coefficient (Wildman–Crippen LogP) is 3.85. The number of benzene rings is 2. The van der Waals surface area contributed by atoms with Gasteiger partial charge >= 0.3 is 6.03 Å². The van der Waals surface area contributed by atoms with Gasteiger partial charge in [-0.2, -0.15) is 0 Å². The number of ether oxygens (including phenoxy) is 1. The van der Waals surface area contributed by atoms with Crippen molar-refractivity contribution in [2.45, 2.75) is 78.7 Å². The van der Waals surface area contributed by atoms with Crippen molar-refractivity contribution in [3.63, 3.8) is 0 Å². The zero-order valence-electron chi connectivity index (χ0n) is 25.6. The minimum absolute atomic E-state index is 0.00579. The molecule has 3 radical (unpaired) electrons. The van der Waals surface area contributed by atoms with Crippen LogP contribution in [0.3, 0.4) is 0 Å². The highest BCUT2D eigenvalue weighted by Crippen LogP contribution is 2.23. The molecule has 3 atom stereocenters. The number of amides is 4. The third-order valence-corrected chi connectivity index (χ3v) is 8.05. The van der Waals surface area contributed by atoms with Crippen molar-refractivity contribution in [2.24, 2.45) is 17.8 Å². The number of urea groups is 1. The van der Waals surface area contributed by atoms with Crippen molar-refractivity contribution in [1.29, 1.82) is 0 Å². The third kappa shape index (κ3) is 10.6. The Kier molecular flexibility index (Phi) is 13.7. The molecule has 2 aromatic rings. The number of ketones is 1. The molecule has 2 aromatic carbocycles. The predicted molar refractivity (Wildman–Crippen MR) is 165 cm³/mol. The molecule has 2 rings (SSSR count). The highest BCUT2D eigenvalue weighted by Gasteiger charge is 2.43. The minimum Gasteiger partial charge on any atom is -0.494 e. The maximum Gasteiger partial charge on any atom is 0.315 e. The highest BCUT2D eigenvalue weighted by molar-refractivity contribution is 6.39. The molecule has 10 heteroatoms. The molecule has 0 bridgehead atoms. The summed E-state index contributed by atoms with van der Waals surface area (Å²) in [6.45, 7) is 12.7. The summed E-state index contributed by atoms with van der Waals surface area (Å²) >= 11 is 0. The molecule has 0 saturated carbocycles. The Morgan fingerprint density at radius 1 is 0.857 bits per heavy atom. The molecule has 4 amide bonds. The van der Waals surface area contributed by atoms with E-state index in [1.54, 1.807) is 6.92 Å². The number of rotatable bonds is 16. The van der Waals surface area contributed by atoms with Crippen molar-refractivity contribution in [3.8, 4) is 5.75 Å². The summed E-state index contributed by atoms with van der Waals surface area (Å²) in [6, 6.07) is 15.1. The number of Topliss-reactive ketones (excluding diaryl/α,β-unsaturated/α-hetero) is 1. The first kappa shape index (κ1) is 34.5. The highest BCUT2D eigenvalue weighted by atomic mass is 28.1. The Balaban J connectivity index is 2.00. The molecule has 0 saturated heterocycles. The molecule has 0 aliphatic heterocycles. The fraction of sp³-hybridized carbons (Fsp3) is 0.500. The second-order valence-corrected chi connectivity index (χ2v) is 12.1. The topological polar surface area (TPSA) is 126 Å². The van der Waals surface area contributed by atoms with E-state index < -0.39 is 34.8 Å². The standard InChI is InChI=1S/C32H45N4O5Si/c1-7-27(28(37)29(38)33-19-25-13-15-26(16-14-25)41-18-17-21(2)3)35-30(39)32(42,23(6)22(4)5)36-31(40)34-20-24-11-9-8-10-12-24/h8-16,21-23,27H,7,17-20H2,1-6H3,(H,33,38)(H,35,39)(H2,34,36,40)/t23?,27?,32-/m0/s1. The van der Waals surface area contributed by atoms with E-state index in [0.717, 1.165) is 23.3 Å². The zero-order valence-corrected chi connectivity index (χ0v) is 26.6. The van der Waals surface area contributed by atoms with E-state index in [1.165, 1.54) is 0 Å². The van der Waals surface area contributed by atoms with Crippen LogP contribution < -0.4 is 26.0 Å². The van der Waals surface area contributed by atoms with Crippen molar-refractivity contribution in [3.05, 3.63) is 65.7 Å². The molecule has 0 heterocycles. The van der Waals surface area contributed by atoms with Gasteiger partial charge < -0.3 is 26.0 Å². The number of hydrogen-bond donors (Lipinski definition) is 4. The van der Waals surface area contributed by atoms with Gasteiger partial charge in [0.25, 0.3) is 5.91 Å². The lowest BCUT2D eigenvalue weighted by Gasteiger charge is -2.38. The molecule has 2 unspecified atom stereocenters. The van der Waals surface area contributed by atoms with E-state index >= 15 is 0 Å². The number of hydrogen-bond acceptors (Lipinski definition) is 5. The van der Waals surface area contributed by atoms with Gasteiger partial charge in [0.15, 0.2) is 0 Å². The van der Waals surface area contributed by atoms with E-state index in [9.17, 15) is 19.2 Å². The van der Waals surface area contributed by atoms with Crippen LogP contribution in [-0.4, -0.2) is 51.7 Å². The average molecular weight is 594 g/mol. The van der Waals surface area contributed by atoms with Gasteiger partial charge in [-0.1, -0.05) is 84.0 Å². The molecule has 9 nitrogen and oxygen atoms in total. The second kappa shape index (κ2) is 16.7. The quantitative estimate of drug-likeness (QED) is 0.174. The molecule has 4 N–H and O–H groups in total. The summed E-state index contributed by atoms with van der Waals surface area (Å²) in [5.41, 5.74) is 1.71. The van der Waals surface area contributed by atoms with Gasteiger partial charge in [-0.15, -0.1) is 0 Å². The van der Waals surface area contributed by atoms with E-state index in [2.05, 4.69) is 45.4 Å². The molecule has 0 aliphatic carbocycles. The van der Waals surface area contributed by atoms with Crippen LogP contribution >= 0.6 is 0 Å². The SMILES string of the molecule is CCC(NC(=O)[C@]([Si])(NC(=O)NCc1ccccc1)C(C)C(C)C)C(=O)C(=O)NCc1ccc(OCCC(C)C)cc1. The lowest BCUT2D eigenvalue weighted by Crippen LogP contribution is -2.67. The van der Waals surface area contributed by atoms with Gasteiger partial charge in [-0.25, -0.2) is 4.79 Å². The van der Waals surface area contributed by atoms with Gasteiger partial charge in [0, 0.05) is 13.1 Å². The summed E-state index contributed by atoms with van der Waals surface area (Å²) in [5.74, 6) is -1.25. The van der Waals surface area contributed by atoms with Crippen LogP contribution in [0.4, 0.5) is 4.79 Å². The first-order chi connectivity index (χ1) is 19.9. The Hall–Kier alpha value is -3.66. The number of carbonyl (C=O) groups excluding carboxylic acids is 4. The van der Waals surface area contributed by atoms with Gasteiger partial charge in [0.05, 0.1) is 22.9 Å². The van der Waals surface area contributed by atoms with Gasteiger partial charge in [-0.05, 0) is 53.9 Å². The Bertz CT molecular complexity index is 1170. The van der Waals surface area contributed by atoms with Gasteiger partial charge in [0.1, 0.15) is 10.9 Å². The lowest BCUT2D eigenvalue weighted by atomic mass is 9.88. The fourth-order valence-electron chi connectivity index (χ4n) is 4.05. The summed E-state index contributed by atoms with van der Waals surface area (Å²) in [4.78, 5) is 52.1. The Morgan fingerprint density at radius 2 is 1.45 bits per heavy atom. The van der Waals surface area contributed by atoms with Crippen LogP contribution in [0.15, 0.2) is 54.6 Å². The summed E-state index contributed by atoms with van der Waals surface area (Å²) in [7, 11) is 3.54. The Labute approximate surface area is 253 Å². The fourth-order valence-corrected chi connectivity index (χ4v) is 4.57. The van der Waals surface area contributed by atoms with Crippen LogP contribution in [0, 0.1) is 17.8 Å². The molecule has 0 aliphatic rings. The number of carbonyl (C=O) groups is 4. The monoisotopic (exact) mass is 593 g/mol. The van der Waals surface area contributed by atoms with Crippen LogP contribution in [-0.2, 0) is 27.5 Å². The van der Waals surface area contributed by atoms with Crippen LogP contribution in [0.1, 0.15) is 65.5 Å². The summed E-state index contributed by atoms with van der Waals surface area (Å²) in [6.07, 6.45) is 1.15. The lowest BCUT2D eigenvalue weighted by molar-refractivity contribution is -0.140. The van der Waals surface area contributed by atoms with E-state index in [0.29, 0.717) is 12.5 Å². The smallest absolute Gasteiger partial charge is 0.315 e. The summed E-state index contributed by atoms with van der Waals surface area (Å²) < 4.78 is 5.72. The largest absolute Gasteiger partial charge is 0.494 e. The van der Waals surface area contributed by atoms with Crippen molar-refractivity contribution in [1.82, 2.24) is 21.3 Å². The number of nitrogens with one attached hydrogen (secondary N) is 4. The van der Waals surface area contributed by atoms with E-state index in [4.69, 9.17) is 4.74 Å². The van der Waals surface area contributed by atoms with Gasteiger partial charge in [0.2, 0.25) is 11.7 Å². The van der Waals surface area contributed by atoms with Crippen molar-refractivity contribution >= 4 is 33.9 Å². The van der Waals surface area contributed by atoms with Crippen LogP contribution in [0.2, 0.25) is 0 Å². The van der Waals surface area contributed by atoms with Crippen LogP contribution in [0.5, 0.6) is 5.75 Å². The molecule has 42 heavy (non-hydrogen) atoms. The first-order valence-electron chi connectivity index (χ1n) is 14.6. The van der Waals surface area contributed by atoms with E-state index in [1.807, 2.05) is 75.4 Å². The third-order valence-electron chi connectivity index (χ3n) is 7.24. The molecular weight excluding hydrogens is 548 g/mol. The molecule has 0 aromatic heterocycles.